The molecule has 2 rings (SSSR count). The lowest BCUT2D eigenvalue weighted by Crippen LogP contribution is -2.24. The van der Waals surface area contributed by atoms with Crippen LogP contribution < -0.4 is 19.6 Å². The maximum Gasteiger partial charge on any atom is 0.277 e. The first-order valence-electron chi connectivity index (χ1n) is 8.54. The van der Waals surface area contributed by atoms with Gasteiger partial charge in [-0.05, 0) is 56.2 Å². The van der Waals surface area contributed by atoms with Crippen molar-refractivity contribution in [3.8, 4) is 17.2 Å². The number of nitrogens with one attached hydrogen (secondary N) is 1. The second-order valence-corrected chi connectivity index (χ2v) is 5.42. The van der Waals surface area contributed by atoms with Gasteiger partial charge in [0.05, 0.1) is 19.4 Å². The summed E-state index contributed by atoms with van der Waals surface area (Å²) in [4.78, 5) is 11.8. The molecule has 6 nitrogen and oxygen atoms in total. The minimum absolute atomic E-state index is 0.102. The van der Waals surface area contributed by atoms with Crippen LogP contribution in [0.2, 0.25) is 0 Å². The average molecular weight is 356 g/mol. The zero-order valence-electron chi connectivity index (χ0n) is 15.3. The van der Waals surface area contributed by atoms with Crippen LogP contribution in [0.25, 0.3) is 0 Å². The third kappa shape index (κ3) is 5.81. The number of para-hydroxylation sites is 1. The molecular formula is C20H24N2O4. The van der Waals surface area contributed by atoms with Crippen molar-refractivity contribution in [2.75, 3.05) is 19.8 Å². The van der Waals surface area contributed by atoms with Crippen LogP contribution >= 0.6 is 0 Å². The van der Waals surface area contributed by atoms with Gasteiger partial charge in [-0.15, -0.1) is 0 Å². The molecule has 0 saturated heterocycles. The average Bonchev–Trinajstić information content (AvgIpc) is 2.63. The lowest BCUT2D eigenvalue weighted by atomic mass is 10.2. The van der Waals surface area contributed by atoms with Gasteiger partial charge in [0.15, 0.2) is 18.1 Å². The number of ether oxygens (including phenoxy) is 3. The summed E-state index contributed by atoms with van der Waals surface area (Å²) in [6, 6.07) is 13.0. The molecule has 0 aromatic heterocycles. The Bertz CT molecular complexity index is 759. The lowest BCUT2D eigenvalue weighted by Gasteiger charge is -2.11. The van der Waals surface area contributed by atoms with Gasteiger partial charge in [0.2, 0.25) is 0 Å². The van der Waals surface area contributed by atoms with Crippen LogP contribution in [0.1, 0.15) is 25.0 Å². The van der Waals surface area contributed by atoms with Crippen molar-refractivity contribution < 1.29 is 19.0 Å². The molecule has 26 heavy (non-hydrogen) atoms. The molecule has 0 atom stereocenters. The topological polar surface area (TPSA) is 69.2 Å². The molecule has 0 aliphatic rings. The Labute approximate surface area is 153 Å². The van der Waals surface area contributed by atoms with Gasteiger partial charge in [-0.25, -0.2) is 5.43 Å². The highest BCUT2D eigenvalue weighted by molar-refractivity contribution is 5.83. The predicted molar refractivity (Wildman–Crippen MR) is 101 cm³/mol. The first kappa shape index (κ1) is 19.3. The van der Waals surface area contributed by atoms with Gasteiger partial charge in [0.1, 0.15) is 5.75 Å². The predicted octanol–water partition coefficient (Wildman–Crippen LogP) is 3.32. The van der Waals surface area contributed by atoms with Crippen LogP contribution in [0.4, 0.5) is 0 Å². The van der Waals surface area contributed by atoms with E-state index in [0.717, 1.165) is 11.1 Å². The van der Waals surface area contributed by atoms with Gasteiger partial charge in [-0.3, -0.25) is 4.79 Å². The highest BCUT2D eigenvalue weighted by Gasteiger charge is 2.06. The summed E-state index contributed by atoms with van der Waals surface area (Å²) in [5.74, 6) is 1.68. The van der Waals surface area contributed by atoms with Crippen molar-refractivity contribution >= 4 is 12.1 Å². The number of amides is 1. The van der Waals surface area contributed by atoms with Gasteiger partial charge in [0.25, 0.3) is 5.91 Å². The molecule has 0 fully saturated rings. The zero-order chi connectivity index (χ0) is 18.8. The first-order valence-corrected chi connectivity index (χ1v) is 8.54. The van der Waals surface area contributed by atoms with Crippen molar-refractivity contribution in [3.05, 3.63) is 53.6 Å². The highest BCUT2D eigenvalue weighted by atomic mass is 16.5. The van der Waals surface area contributed by atoms with Gasteiger partial charge in [-0.2, -0.15) is 5.10 Å². The minimum Gasteiger partial charge on any atom is -0.490 e. The molecule has 2 aromatic carbocycles. The van der Waals surface area contributed by atoms with Crippen molar-refractivity contribution in [1.29, 1.82) is 0 Å². The molecule has 0 unspecified atom stereocenters. The van der Waals surface area contributed by atoms with Crippen molar-refractivity contribution in [1.82, 2.24) is 5.43 Å². The van der Waals surface area contributed by atoms with E-state index in [9.17, 15) is 4.79 Å². The number of carbonyl (C=O) groups excluding carboxylic acids is 1. The lowest BCUT2D eigenvalue weighted by molar-refractivity contribution is -0.123. The van der Waals surface area contributed by atoms with Crippen LogP contribution in [0.5, 0.6) is 17.2 Å². The SMILES string of the molecule is CCOc1ccc(/C=N/NC(=O)COc2ccccc2C)cc1OCC. The Morgan fingerprint density at radius 1 is 1.00 bits per heavy atom. The van der Waals surface area contributed by atoms with Crippen molar-refractivity contribution in [2.45, 2.75) is 20.8 Å². The minimum atomic E-state index is -0.333. The number of rotatable bonds is 9. The molecule has 6 heteroatoms. The molecule has 1 amide bonds. The summed E-state index contributed by atoms with van der Waals surface area (Å²) in [7, 11) is 0. The molecule has 2 aromatic rings. The molecule has 0 radical (unpaired) electrons. The smallest absolute Gasteiger partial charge is 0.277 e. The number of hydrazone groups is 1. The number of aryl methyl sites for hydroxylation is 1. The monoisotopic (exact) mass is 356 g/mol. The Kier molecular flexibility index (Phi) is 7.49. The van der Waals surface area contributed by atoms with E-state index >= 15 is 0 Å². The molecule has 0 aliphatic carbocycles. The molecule has 0 heterocycles. The van der Waals surface area contributed by atoms with Crippen LogP contribution in [0.3, 0.4) is 0 Å². The number of hydrogen-bond donors (Lipinski definition) is 1. The van der Waals surface area contributed by atoms with Gasteiger partial charge >= 0.3 is 0 Å². The molecule has 0 bridgehead atoms. The largest absolute Gasteiger partial charge is 0.490 e. The molecule has 0 saturated carbocycles. The third-order valence-electron chi connectivity index (χ3n) is 3.42. The van der Waals surface area contributed by atoms with E-state index in [4.69, 9.17) is 14.2 Å². The van der Waals surface area contributed by atoms with E-state index in [1.165, 1.54) is 0 Å². The Hall–Kier alpha value is -3.02. The molecule has 0 aliphatic heterocycles. The fourth-order valence-corrected chi connectivity index (χ4v) is 2.22. The van der Waals surface area contributed by atoms with Crippen LogP contribution in [-0.4, -0.2) is 31.9 Å². The number of hydrogen-bond acceptors (Lipinski definition) is 5. The molecular weight excluding hydrogens is 332 g/mol. The van der Waals surface area contributed by atoms with E-state index in [2.05, 4.69) is 10.5 Å². The van der Waals surface area contributed by atoms with Crippen LogP contribution in [0.15, 0.2) is 47.6 Å². The van der Waals surface area contributed by atoms with E-state index < -0.39 is 0 Å². The normalized spacial score (nSPS) is 10.6. The standard InChI is InChI=1S/C20H24N2O4/c1-4-24-18-11-10-16(12-19(18)25-5-2)13-21-22-20(23)14-26-17-9-7-6-8-15(17)3/h6-13H,4-5,14H2,1-3H3,(H,22,23)/b21-13+. The highest BCUT2D eigenvalue weighted by Crippen LogP contribution is 2.27. The Balaban J connectivity index is 1.90. The van der Waals surface area contributed by atoms with E-state index in [0.29, 0.717) is 30.5 Å². The number of carbonyl (C=O) groups is 1. The first-order chi connectivity index (χ1) is 12.6. The van der Waals surface area contributed by atoms with Crippen molar-refractivity contribution in [3.63, 3.8) is 0 Å². The van der Waals surface area contributed by atoms with E-state index in [1.807, 2.05) is 63.2 Å². The second-order valence-electron chi connectivity index (χ2n) is 5.42. The van der Waals surface area contributed by atoms with Gasteiger partial charge in [-0.1, -0.05) is 18.2 Å². The molecule has 0 spiro atoms. The maximum atomic E-state index is 11.8. The van der Waals surface area contributed by atoms with Crippen molar-refractivity contribution in [2.24, 2.45) is 5.10 Å². The van der Waals surface area contributed by atoms with Crippen LogP contribution in [0, 0.1) is 6.92 Å². The Morgan fingerprint density at radius 3 is 2.46 bits per heavy atom. The van der Waals surface area contributed by atoms with E-state index in [1.54, 1.807) is 6.21 Å². The summed E-state index contributed by atoms with van der Waals surface area (Å²) in [5, 5.41) is 3.95. The second kappa shape index (κ2) is 10.1. The molecule has 1 N–H and O–H groups in total. The summed E-state index contributed by atoms with van der Waals surface area (Å²) < 4.78 is 16.6. The third-order valence-corrected chi connectivity index (χ3v) is 3.42. The fraction of sp³-hybridized carbons (Fsp3) is 0.300. The van der Waals surface area contributed by atoms with Crippen LogP contribution in [-0.2, 0) is 4.79 Å². The number of benzene rings is 2. The number of nitrogens with zero attached hydrogens (tertiary/aromatic N) is 1. The maximum absolute atomic E-state index is 11.8. The van der Waals surface area contributed by atoms with E-state index in [-0.39, 0.29) is 12.5 Å². The van der Waals surface area contributed by atoms with Gasteiger partial charge < -0.3 is 14.2 Å². The summed E-state index contributed by atoms with van der Waals surface area (Å²) in [6.45, 7) is 6.74. The summed E-state index contributed by atoms with van der Waals surface area (Å²) >= 11 is 0. The zero-order valence-corrected chi connectivity index (χ0v) is 15.3. The summed E-state index contributed by atoms with van der Waals surface area (Å²) in [6.07, 6.45) is 1.55. The Morgan fingerprint density at radius 2 is 1.73 bits per heavy atom. The molecule has 138 valence electrons. The summed E-state index contributed by atoms with van der Waals surface area (Å²) in [5.41, 5.74) is 4.21. The quantitative estimate of drug-likeness (QED) is 0.553. The van der Waals surface area contributed by atoms with Gasteiger partial charge in [0, 0.05) is 0 Å². The fourth-order valence-electron chi connectivity index (χ4n) is 2.22.